The van der Waals surface area contributed by atoms with Gasteiger partial charge in [-0.15, -0.1) is 0 Å². The standard InChI is InChI=1S/C26H29N5O3/c1-18(2)20-8-10-22(11-9-20)34-16-24(32)27-12-13-31-25-23(14-29-31)26(33)30(17-28-25)15-21-7-5-4-6-19(21)3/h4-11,14,17-18H,12-13,15-16H2,1-3H3,(H,27,32). The second-order valence-electron chi connectivity index (χ2n) is 8.57. The van der Waals surface area contributed by atoms with E-state index >= 15 is 0 Å². The fraction of sp³-hybridized carbons (Fsp3) is 0.308. The largest absolute Gasteiger partial charge is 0.484 e. The molecule has 2 heterocycles. The van der Waals surface area contributed by atoms with Crippen LogP contribution < -0.4 is 15.6 Å². The number of ether oxygens (including phenoxy) is 1. The number of fused-ring (bicyclic) bond motifs is 1. The number of aryl methyl sites for hydroxylation is 1. The zero-order valence-electron chi connectivity index (χ0n) is 19.7. The van der Waals surface area contributed by atoms with Crippen molar-refractivity contribution in [3.63, 3.8) is 0 Å². The lowest BCUT2D eigenvalue weighted by Crippen LogP contribution is -2.31. The molecule has 0 spiro atoms. The number of aromatic nitrogens is 4. The molecule has 0 fully saturated rings. The highest BCUT2D eigenvalue weighted by Gasteiger charge is 2.11. The lowest BCUT2D eigenvalue weighted by atomic mass is 10.0. The van der Waals surface area contributed by atoms with Crippen LogP contribution in [0.4, 0.5) is 0 Å². The van der Waals surface area contributed by atoms with Crippen LogP contribution in [0, 0.1) is 6.92 Å². The predicted molar refractivity (Wildman–Crippen MR) is 131 cm³/mol. The van der Waals surface area contributed by atoms with Crippen molar-refractivity contribution in [3.8, 4) is 5.75 Å². The Kier molecular flexibility index (Phi) is 7.06. The normalized spacial score (nSPS) is 11.2. The maximum absolute atomic E-state index is 12.9. The smallest absolute Gasteiger partial charge is 0.264 e. The molecule has 0 aliphatic rings. The second kappa shape index (κ2) is 10.3. The van der Waals surface area contributed by atoms with E-state index in [1.807, 2.05) is 55.5 Å². The first kappa shape index (κ1) is 23.2. The van der Waals surface area contributed by atoms with Crippen LogP contribution in [0.3, 0.4) is 0 Å². The highest BCUT2D eigenvalue weighted by atomic mass is 16.5. The van der Waals surface area contributed by atoms with E-state index in [0.717, 1.165) is 11.1 Å². The average Bonchev–Trinajstić information content (AvgIpc) is 3.25. The minimum absolute atomic E-state index is 0.0667. The van der Waals surface area contributed by atoms with E-state index in [0.29, 0.717) is 42.3 Å². The molecule has 1 N–H and O–H groups in total. The van der Waals surface area contributed by atoms with Crippen LogP contribution in [0.2, 0.25) is 0 Å². The summed E-state index contributed by atoms with van der Waals surface area (Å²) in [4.78, 5) is 29.5. The van der Waals surface area contributed by atoms with E-state index in [1.54, 1.807) is 15.6 Å². The Labute approximate surface area is 198 Å². The molecular formula is C26H29N5O3. The summed E-state index contributed by atoms with van der Waals surface area (Å²) in [6.07, 6.45) is 3.08. The maximum atomic E-state index is 12.9. The molecule has 4 rings (SSSR count). The summed E-state index contributed by atoms with van der Waals surface area (Å²) in [6, 6.07) is 15.7. The van der Waals surface area contributed by atoms with Crippen molar-refractivity contribution in [2.24, 2.45) is 0 Å². The Morgan fingerprint density at radius 2 is 1.88 bits per heavy atom. The van der Waals surface area contributed by atoms with Gasteiger partial charge in [0.25, 0.3) is 11.5 Å². The third-order valence-electron chi connectivity index (χ3n) is 5.79. The Morgan fingerprint density at radius 3 is 2.62 bits per heavy atom. The van der Waals surface area contributed by atoms with Gasteiger partial charge in [-0.3, -0.25) is 14.2 Å². The molecular weight excluding hydrogens is 430 g/mol. The zero-order chi connectivity index (χ0) is 24.1. The van der Waals surface area contributed by atoms with Gasteiger partial charge in [0, 0.05) is 6.54 Å². The monoisotopic (exact) mass is 459 g/mol. The van der Waals surface area contributed by atoms with Gasteiger partial charge in [-0.2, -0.15) is 5.10 Å². The average molecular weight is 460 g/mol. The van der Waals surface area contributed by atoms with Crippen LogP contribution in [-0.2, 0) is 17.9 Å². The van der Waals surface area contributed by atoms with Crippen LogP contribution in [0.5, 0.6) is 5.75 Å². The number of amides is 1. The fourth-order valence-electron chi connectivity index (χ4n) is 3.69. The molecule has 176 valence electrons. The second-order valence-corrected chi connectivity index (χ2v) is 8.57. The van der Waals surface area contributed by atoms with Gasteiger partial charge in [0.15, 0.2) is 12.3 Å². The molecule has 8 nitrogen and oxygen atoms in total. The van der Waals surface area contributed by atoms with Crippen LogP contribution in [0.15, 0.2) is 65.8 Å². The van der Waals surface area contributed by atoms with Gasteiger partial charge < -0.3 is 10.1 Å². The van der Waals surface area contributed by atoms with Gasteiger partial charge in [-0.05, 0) is 41.7 Å². The molecule has 2 aromatic heterocycles. The molecule has 0 unspecified atom stereocenters. The number of hydrogen-bond acceptors (Lipinski definition) is 5. The number of hydrogen-bond donors (Lipinski definition) is 1. The molecule has 0 atom stereocenters. The summed E-state index contributed by atoms with van der Waals surface area (Å²) in [5, 5.41) is 7.56. The molecule has 0 aliphatic heterocycles. The summed E-state index contributed by atoms with van der Waals surface area (Å²) < 4.78 is 8.77. The lowest BCUT2D eigenvalue weighted by molar-refractivity contribution is -0.123. The minimum atomic E-state index is -0.224. The van der Waals surface area contributed by atoms with Crippen molar-refractivity contribution in [2.45, 2.75) is 39.8 Å². The fourth-order valence-corrected chi connectivity index (χ4v) is 3.69. The van der Waals surface area contributed by atoms with Crippen molar-refractivity contribution in [3.05, 3.63) is 88.1 Å². The number of nitrogens with zero attached hydrogens (tertiary/aromatic N) is 4. The van der Waals surface area contributed by atoms with E-state index in [-0.39, 0.29) is 18.1 Å². The molecule has 0 aliphatic carbocycles. The molecule has 0 radical (unpaired) electrons. The highest BCUT2D eigenvalue weighted by Crippen LogP contribution is 2.18. The molecule has 0 saturated heterocycles. The SMILES string of the molecule is Cc1ccccc1Cn1cnc2c(cnn2CCNC(=O)COc2ccc(C(C)C)cc2)c1=O. The maximum Gasteiger partial charge on any atom is 0.264 e. The van der Waals surface area contributed by atoms with E-state index < -0.39 is 0 Å². The van der Waals surface area contributed by atoms with Crippen molar-refractivity contribution in [1.82, 2.24) is 24.6 Å². The Hall–Kier alpha value is -3.94. The molecule has 0 bridgehead atoms. The molecule has 0 saturated carbocycles. The third-order valence-corrected chi connectivity index (χ3v) is 5.79. The summed E-state index contributed by atoms with van der Waals surface area (Å²) in [6.45, 7) is 7.41. The zero-order valence-corrected chi connectivity index (χ0v) is 19.7. The number of rotatable bonds is 9. The number of carbonyl (C=O) groups excluding carboxylic acids is 1. The first-order valence-electron chi connectivity index (χ1n) is 11.4. The number of nitrogens with one attached hydrogen (secondary N) is 1. The van der Waals surface area contributed by atoms with E-state index in [4.69, 9.17) is 4.74 Å². The van der Waals surface area contributed by atoms with Gasteiger partial charge >= 0.3 is 0 Å². The molecule has 34 heavy (non-hydrogen) atoms. The van der Waals surface area contributed by atoms with E-state index in [2.05, 4.69) is 29.2 Å². The number of benzene rings is 2. The predicted octanol–water partition coefficient (Wildman–Crippen LogP) is 3.27. The van der Waals surface area contributed by atoms with Gasteiger partial charge in [0.2, 0.25) is 0 Å². The molecule has 4 aromatic rings. The van der Waals surface area contributed by atoms with Crippen LogP contribution >= 0.6 is 0 Å². The Morgan fingerprint density at radius 1 is 1.12 bits per heavy atom. The highest BCUT2D eigenvalue weighted by molar-refractivity contribution is 5.77. The lowest BCUT2D eigenvalue weighted by Gasteiger charge is -2.10. The Bertz CT molecular complexity index is 1340. The summed E-state index contributed by atoms with van der Waals surface area (Å²) >= 11 is 0. The summed E-state index contributed by atoms with van der Waals surface area (Å²) in [5.41, 5.74) is 3.78. The molecule has 8 heteroatoms. The van der Waals surface area contributed by atoms with E-state index in [1.165, 1.54) is 11.8 Å². The van der Waals surface area contributed by atoms with Crippen LogP contribution in [0.1, 0.15) is 36.5 Å². The van der Waals surface area contributed by atoms with Gasteiger partial charge in [-0.1, -0.05) is 50.2 Å². The third kappa shape index (κ3) is 5.33. The quantitative estimate of drug-likeness (QED) is 0.415. The summed E-state index contributed by atoms with van der Waals surface area (Å²) in [7, 11) is 0. The van der Waals surface area contributed by atoms with Crippen molar-refractivity contribution in [1.29, 1.82) is 0 Å². The van der Waals surface area contributed by atoms with Gasteiger partial charge in [0.05, 0.1) is 19.3 Å². The Balaban J connectivity index is 1.32. The number of carbonyl (C=O) groups is 1. The van der Waals surface area contributed by atoms with Gasteiger partial charge in [-0.25, -0.2) is 9.67 Å². The summed E-state index contributed by atoms with van der Waals surface area (Å²) in [5.74, 6) is 0.878. The van der Waals surface area contributed by atoms with Crippen molar-refractivity contribution < 1.29 is 9.53 Å². The van der Waals surface area contributed by atoms with E-state index in [9.17, 15) is 9.59 Å². The first-order valence-corrected chi connectivity index (χ1v) is 11.4. The van der Waals surface area contributed by atoms with Gasteiger partial charge in [0.1, 0.15) is 17.5 Å². The molecule has 1 amide bonds. The molecule has 2 aromatic carbocycles. The van der Waals surface area contributed by atoms with Crippen LogP contribution in [-0.4, -0.2) is 38.4 Å². The first-order chi connectivity index (χ1) is 16.4. The van der Waals surface area contributed by atoms with Crippen molar-refractivity contribution in [2.75, 3.05) is 13.2 Å². The minimum Gasteiger partial charge on any atom is -0.484 e. The van der Waals surface area contributed by atoms with Crippen molar-refractivity contribution >= 4 is 16.9 Å². The van der Waals surface area contributed by atoms with Crippen LogP contribution in [0.25, 0.3) is 11.0 Å². The topological polar surface area (TPSA) is 91.0 Å².